The van der Waals surface area contributed by atoms with Gasteiger partial charge in [0.1, 0.15) is 67.6 Å². The molecule has 1 amide bonds. The number of hydrogen-bond acceptors (Lipinski definition) is 29. The van der Waals surface area contributed by atoms with Gasteiger partial charge in [-0.1, -0.05) is 245 Å². The fourth-order valence-corrected chi connectivity index (χ4v) is 15.7. The van der Waals surface area contributed by atoms with Crippen molar-refractivity contribution in [3.05, 3.63) is 251 Å². The van der Waals surface area contributed by atoms with Gasteiger partial charge in [0.2, 0.25) is 0 Å². The summed E-state index contributed by atoms with van der Waals surface area (Å²) in [5, 5.41) is 0. The number of hydrogen-bond donors (Lipinski definition) is 0. The van der Waals surface area contributed by atoms with E-state index in [1.54, 1.807) is 97.1 Å². The lowest BCUT2D eigenvalue weighted by molar-refractivity contribution is -0.391. The molecule has 0 saturated carbocycles. The summed E-state index contributed by atoms with van der Waals surface area (Å²) in [4.78, 5) is 108. The Hall–Kier alpha value is -9.97. The first-order valence-corrected chi connectivity index (χ1v) is 47.9. The number of esters is 6. The Kier molecular flexibility index (Phi) is 45.3. The molecule has 4 fully saturated rings. The summed E-state index contributed by atoms with van der Waals surface area (Å²) in [7, 11) is 1.10. The van der Waals surface area contributed by atoms with Crippen LogP contribution in [0, 0.1) is 0 Å². The highest BCUT2D eigenvalue weighted by Crippen LogP contribution is 2.42. The number of rotatable bonds is 56. The Morgan fingerprint density at radius 2 is 0.585 bits per heavy atom. The van der Waals surface area contributed by atoms with E-state index in [0.717, 1.165) is 50.3 Å². The van der Waals surface area contributed by atoms with Crippen molar-refractivity contribution in [3.8, 4) is 0 Å². The number of nitrogens with zero attached hydrogens (tertiary/aromatic N) is 1. The van der Waals surface area contributed by atoms with Crippen LogP contribution in [0.3, 0.4) is 0 Å². The molecule has 7 aromatic carbocycles. The molecule has 734 valence electrons. The molecule has 135 heavy (non-hydrogen) atoms. The van der Waals surface area contributed by atoms with Gasteiger partial charge < -0.3 is 109 Å². The summed E-state index contributed by atoms with van der Waals surface area (Å²) >= 11 is 0. The average Bonchev–Trinajstić information content (AvgIpc) is 0.754. The first-order valence-electron chi connectivity index (χ1n) is 47.9. The molecule has 30 nitrogen and oxygen atoms in total. The number of carbonyl (C=O) groups excluding carboxylic acids is 7. The fraction of sp³-hybridized carbons (Fsp3) is 0.533. The number of unbranched alkanes of at least 4 members (excludes halogenated alkanes) is 7. The zero-order valence-electron chi connectivity index (χ0n) is 78.8. The van der Waals surface area contributed by atoms with Gasteiger partial charge in [-0.15, -0.1) is 0 Å². The van der Waals surface area contributed by atoms with E-state index in [2.05, 4.69) is 6.92 Å². The van der Waals surface area contributed by atoms with Crippen LogP contribution in [-0.2, 0) is 122 Å². The quantitative estimate of drug-likeness (QED) is 0.0194. The van der Waals surface area contributed by atoms with Gasteiger partial charge in [-0.25, -0.2) is 33.6 Å². The SMILES string of the molecule is CCCCOCC1O[C@@H](OCCN(Cc2ccccc2)C(=O)OCc2ccccc2)[C@@H](OC(=O)c2ccccc2)C(OC(=O)c2ccccc2)[C@@H]1O[C@@H]1OC(C(=O)OC)[C@@H](O[C@H]2OC(COCCCC)[C@H](O[C@H]3OC(COCCCC)[C@@H](OC(=O)c4ccccc4)[C@H](OCCCC)C3OCCCC)[C@H](OCCCC)C2OCCCC)C(OC(=O)c2ccccc2)[C@@H]1OC(=O)c1ccccc1. The molecule has 20 atom stereocenters. The number of amides is 1. The van der Waals surface area contributed by atoms with Crippen molar-refractivity contribution in [2.45, 2.75) is 274 Å². The lowest BCUT2D eigenvalue weighted by atomic mass is 9.94. The third kappa shape index (κ3) is 31.8. The van der Waals surface area contributed by atoms with Crippen LogP contribution in [-0.4, -0.2) is 256 Å². The summed E-state index contributed by atoms with van der Waals surface area (Å²) in [5.74, 6) is -5.75. The molecule has 8 unspecified atom stereocenters. The molecule has 0 bridgehead atoms. The average molecular weight is 1880 g/mol. The van der Waals surface area contributed by atoms with E-state index in [-0.39, 0.29) is 101 Å². The molecule has 0 aliphatic carbocycles. The maximum absolute atomic E-state index is 15.7. The van der Waals surface area contributed by atoms with E-state index in [1.165, 1.54) is 53.4 Å². The maximum Gasteiger partial charge on any atom is 0.410 e. The van der Waals surface area contributed by atoms with E-state index in [1.807, 2.05) is 108 Å². The van der Waals surface area contributed by atoms with Gasteiger partial charge in [-0.2, -0.15) is 0 Å². The Morgan fingerprint density at radius 1 is 0.289 bits per heavy atom. The van der Waals surface area contributed by atoms with E-state index in [9.17, 15) is 9.59 Å². The van der Waals surface area contributed by atoms with Gasteiger partial charge in [0.15, 0.2) is 61.8 Å². The summed E-state index contributed by atoms with van der Waals surface area (Å²) < 4.78 is 151. The first-order chi connectivity index (χ1) is 66.1. The fourth-order valence-electron chi connectivity index (χ4n) is 15.7. The molecule has 7 aromatic rings. The van der Waals surface area contributed by atoms with E-state index in [0.29, 0.717) is 70.0 Å². The van der Waals surface area contributed by atoms with Crippen molar-refractivity contribution < 1.29 is 138 Å². The van der Waals surface area contributed by atoms with Gasteiger partial charge in [0.05, 0.1) is 61.4 Å². The van der Waals surface area contributed by atoms with E-state index < -0.39 is 171 Å². The van der Waals surface area contributed by atoms with Gasteiger partial charge in [0, 0.05) is 59.3 Å². The van der Waals surface area contributed by atoms with Crippen LogP contribution in [0.15, 0.2) is 212 Å². The standard InChI is InChI=1S/C105H135NO29/c1-9-16-59-115-69-79-82(127-95(107)74-48-34-25-35-49-74)85(118-62-19-12-4)91(120-64-21-14-6)102(125-79)132-83-80(70-116-60-17-10-2)126-103(92(121-65-22-15-7)86(83)119-63-20-13-5)134-88-89(129-97(109)76-52-38-27-39-53-76)94(131-99(111)78-56-42-29-43-57-78)104(135-90(88)100(112)114-8)133-84-81(71-117-61-18-11-3)124-101(93(130-98(110)77-54-40-28-41-55-77)87(84)128-96(108)75-50-36-26-37-51-75)122-66-58-106(67-72-44-30-23-31-45-72)105(113)123-68-73-46-32-24-33-47-73/h23-57,79-94,101-104H,9-22,58-71H2,1-8H3/t79?,80?,81?,82-,83+,84-,85+,86+,87?,88+,89?,90?,91?,92?,93+,94+,101-,102-,103-,104-/m1/s1. The molecule has 0 N–H and O–H groups in total. The lowest BCUT2D eigenvalue weighted by Gasteiger charge is -2.51. The van der Waals surface area contributed by atoms with Gasteiger partial charge in [-0.3, -0.25) is 0 Å². The Bertz CT molecular complexity index is 4550. The molecular formula is C105H135NO29. The number of carbonyl (C=O) groups is 7. The summed E-state index contributed by atoms with van der Waals surface area (Å²) in [6.07, 6.45) is -23.2. The third-order valence-corrected chi connectivity index (χ3v) is 23.2. The zero-order valence-corrected chi connectivity index (χ0v) is 78.8. The summed E-state index contributed by atoms with van der Waals surface area (Å²) in [6.45, 7) is 14.3. The van der Waals surface area contributed by atoms with Crippen molar-refractivity contribution >= 4 is 41.9 Å². The zero-order chi connectivity index (χ0) is 95.3. The van der Waals surface area contributed by atoms with E-state index >= 15 is 24.0 Å². The molecule has 0 aromatic heterocycles. The smallest absolute Gasteiger partial charge is 0.410 e. The molecule has 4 saturated heterocycles. The van der Waals surface area contributed by atoms with Crippen LogP contribution >= 0.6 is 0 Å². The minimum atomic E-state index is -2.19. The predicted molar refractivity (Wildman–Crippen MR) is 495 cm³/mol. The van der Waals surface area contributed by atoms with Crippen LogP contribution in [0.25, 0.3) is 0 Å². The highest BCUT2D eigenvalue weighted by atomic mass is 16.8. The Labute approximate surface area is 792 Å². The lowest BCUT2D eigenvalue weighted by Crippen LogP contribution is -2.70. The second kappa shape index (κ2) is 57.9. The third-order valence-electron chi connectivity index (χ3n) is 23.2. The van der Waals surface area contributed by atoms with E-state index in [4.69, 9.17) is 104 Å². The van der Waals surface area contributed by atoms with Crippen molar-refractivity contribution in [1.82, 2.24) is 4.90 Å². The van der Waals surface area contributed by atoms with Crippen LogP contribution in [0.4, 0.5) is 4.79 Å². The second-order valence-electron chi connectivity index (χ2n) is 33.4. The largest absolute Gasteiger partial charge is 0.467 e. The normalized spacial score (nSPS) is 24.9. The summed E-state index contributed by atoms with van der Waals surface area (Å²) in [6, 6.07) is 58.8. The molecule has 4 aliphatic rings. The highest BCUT2D eigenvalue weighted by molar-refractivity contribution is 5.92. The van der Waals surface area contributed by atoms with Crippen molar-refractivity contribution in [1.29, 1.82) is 0 Å². The van der Waals surface area contributed by atoms with Crippen LogP contribution < -0.4 is 0 Å². The summed E-state index contributed by atoms with van der Waals surface area (Å²) in [5.41, 5.74) is 1.85. The molecule has 0 radical (unpaired) electrons. The minimum absolute atomic E-state index is 0.0130. The number of methoxy groups -OCH3 is 1. The topological polar surface area (TPSA) is 326 Å². The Morgan fingerprint density at radius 3 is 0.970 bits per heavy atom. The number of benzene rings is 7. The molecule has 4 aliphatic heterocycles. The second-order valence-corrected chi connectivity index (χ2v) is 33.4. The van der Waals surface area contributed by atoms with Crippen LogP contribution in [0.2, 0.25) is 0 Å². The molecule has 4 heterocycles. The minimum Gasteiger partial charge on any atom is -0.467 e. The first kappa shape index (κ1) is 105. The van der Waals surface area contributed by atoms with Gasteiger partial charge in [-0.05, 0) is 117 Å². The van der Waals surface area contributed by atoms with Crippen molar-refractivity contribution in [3.63, 3.8) is 0 Å². The molecule has 11 rings (SSSR count). The molecule has 0 spiro atoms. The van der Waals surface area contributed by atoms with Crippen LogP contribution in [0.1, 0.15) is 201 Å². The predicted octanol–water partition coefficient (Wildman–Crippen LogP) is 16.4. The highest BCUT2D eigenvalue weighted by Gasteiger charge is 2.62. The van der Waals surface area contributed by atoms with Crippen molar-refractivity contribution in [2.75, 3.05) is 86.3 Å². The monoisotopic (exact) mass is 1870 g/mol. The maximum atomic E-state index is 15.7. The molecular weight excluding hydrogens is 1740 g/mol. The number of ether oxygens (including phenoxy) is 22. The molecule has 30 heteroatoms. The Balaban J connectivity index is 1.05. The van der Waals surface area contributed by atoms with Gasteiger partial charge >= 0.3 is 41.9 Å². The van der Waals surface area contributed by atoms with Crippen LogP contribution in [0.5, 0.6) is 0 Å². The van der Waals surface area contributed by atoms with Crippen molar-refractivity contribution in [2.24, 2.45) is 0 Å². The van der Waals surface area contributed by atoms with Gasteiger partial charge in [0.25, 0.3) is 0 Å².